The first-order valence-electron chi connectivity index (χ1n) is 8.21. The number of carbonyl (C=O) groups is 2. The molecular formula is C20H14BrClN2O5. The van der Waals surface area contributed by atoms with Crippen molar-refractivity contribution in [3.05, 3.63) is 81.2 Å². The van der Waals surface area contributed by atoms with E-state index in [0.717, 1.165) is 0 Å². The van der Waals surface area contributed by atoms with E-state index in [4.69, 9.17) is 25.5 Å². The Balaban J connectivity index is 1.67. The number of rotatable bonds is 6. The van der Waals surface area contributed by atoms with E-state index in [1.165, 1.54) is 19.4 Å². The number of halogens is 2. The molecule has 29 heavy (non-hydrogen) atoms. The summed E-state index contributed by atoms with van der Waals surface area (Å²) in [6.45, 7) is 0. The van der Waals surface area contributed by atoms with Crippen LogP contribution in [0.15, 0.2) is 68.8 Å². The van der Waals surface area contributed by atoms with Crippen LogP contribution in [0.2, 0.25) is 5.02 Å². The quantitative estimate of drug-likeness (QED) is 0.241. The highest BCUT2D eigenvalue weighted by molar-refractivity contribution is 9.10. The molecule has 0 fully saturated rings. The summed E-state index contributed by atoms with van der Waals surface area (Å²) in [7, 11) is 1.45. The molecule has 3 aromatic rings. The number of hydrazone groups is 1. The van der Waals surface area contributed by atoms with Crippen LogP contribution in [0.5, 0.6) is 11.5 Å². The van der Waals surface area contributed by atoms with Crippen LogP contribution in [0.3, 0.4) is 0 Å². The van der Waals surface area contributed by atoms with Crippen molar-refractivity contribution in [1.29, 1.82) is 0 Å². The summed E-state index contributed by atoms with van der Waals surface area (Å²) in [6.07, 6.45) is 1.42. The topological polar surface area (TPSA) is 90.1 Å². The van der Waals surface area contributed by atoms with E-state index in [-0.39, 0.29) is 11.5 Å². The number of furan rings is 1. The molecule has 7 nitrogen and oxygen atoms in total. The second-order valence-corrected chi connectivity index (χ2v) is 6.83. The highest BCUT2D eigenvalue weighted by atomic mass is 79.9. The van der Waals surface area contributed by atoms with Crippen molar-refractivity contribution in [2.45, 2.75) is 0 Å². The summed E-state index contributed by atoms with van der Waals surface area (Å²) < 4.78 is 16.2. The molecule has 1 amide bonds. The largest absolute Gasteiger partial charge is 0.493 e. The van der Waals surface area contributed by atoms with Crippen molar-refractivity contribution in [2.75, 3.05) is 7.11 Å². The number of esters is 1. The maximum atomic E-state index is 12.3. The Morgan fingerprint density at radius 2 is 1.86 bits per heavy atom. The number of nitrogens with zero attached hydrogens (tertiary/aromatic N) is 1. The van der Waals surface area contributed by atoms with Crippen LogP contribution in [-0.2, 0) is 0 Å². The molecule has 0 aliphatic carbocycles. The highest BCUT2D eigenvalue weighted by Crippen LogP contribution is 2.28. The van der Waals surface area contributed by atoms with Crippen LogP contribution in [0.1, 0.15) is 26.5 Å². The average molecular weight is 478 g/mol. The molecule has 0 spiro atoms. The zero-order valence-corrected chi connectivity index (χ0v) is 17.4. The second kappa shape index (κ2) is 9.40. The van der Waals surface area contributed by atoms with E-state index in [1.807, 2.05) is 0 Å². The molecule has 9 heteroatoms. The second-order valence-electron chi connectivity index (χ2n) is 5.61. The molecule has 1 N–H and O–H groups in total. The van der Waals surface area contributed by atoms with Crippen molar-refractivity contribution in [3.8, 4) is 11.5 Å². The summed E-state index contributed by atoms with van der Waals surface area (Å²) in [4.78, 5) is 24.1. The molecule has 0 aliphatic rings. The lowest BCUT2D eigenvalue weighted by molar-refractivity contribution is 0.0729. The number of ether oxygens (including phenoxy) is 2. The first kappa shape index (κ1) is 20.6. The summed E-state index contributed by atoms with van der Waals surface area (Å²) in [5.41, 5.74) is 3.33. The van der Waals surface area contributed by atoms with E-state index in [1.54, 1.807) is 48.5 Å². The maximum Gasteiger partial charge on any atom is 0.343 e. The first-order valence-corrected chi connectivity index (χ1v) is 9.38. The number of carbonyl (C=O) groups excluding carboxylic acids is 2. The monoisotopic (exact) mass is 476 g/mol. The molecule has 0 aliphatic heterocycles. The molecule has 3 rings (SSSR count). The van der Waals surface area contributed by atoms with Gasteiger partial charge in [-0.05, 0) is 76.1 Å². The SMILES string of the molecule is COc1cc(/C=N/NC(=O)c2ccc(Br)o2)ccc1OC(=O)c1ccc(Cl)cc1. The molecule has 0 radical (unpaired) electrons. The van der Waals surface area contributed by atoms with Gasteiger partial charge in [-0.3, -0.25) is 4.79 Å². The smallest absolute Gasteiger partial charge is 0.343 e. The number of amides is 1. The summed E-state index contributed by atoms with van der Waals surface area (Å²) in [6, 6.07) is 14.3. The predicted molar refractivity (Wildman–Crippen MR) is 111 cm³/mol. The Bertz CT molecular complexity index is 1060. The van der Waals surface area contributed by atoms with Gasteiger partial charge in [0.15, 0.2) is 21.9 Å². The highest BCUT2D eigenvalue weighted by Gasteiger charge is 2.13. The fourth-order valence-corrected chi connectivity index (χ4v) is 2.68. The van der Waals surface area contributed by atoms with Gasteiger partial charge in [-0.1, -0.05) is 11.6 Å². The van der Waals surface area contributed by atoms with Gasteiger partial charge in [0.05, 0.1) is 18.9 Å². The molecular weight excluding hydrogens is 464 g/mol. The zero-order chi connectivity index (χ0) is 20.8. The Morgan fingerprint density at radius 3 is 2.52 bits per heavy atom. The molecule has 0 bridgehead atoms. The minimum Gasteiger partial charge on any atom is -0.493 e. The molecule has 0 unspecified atom stereocenters. The fraction of sp³-hybridized carbons (Fsp3) is 0.0500. The number of hydrogen-bond donors (Lipinski definition) is 1. The normalized spacial score (nSPS) is 10.7. The molecule has 1 heterocycles. The van der Waals surface area contributed by atoms with Gasteiger partial charge in [0.25, 0.3) is 0 Å². The van der Waals surface area contributed by atoms with Gasteiger partial charge >= 0.3 is 11.9 Å². The van der Waals surface area contributed by atoms with Crippen molar-refractivity contribution in [2.24, 2.45) is 5.10 Å². The third-order valence-corrected chi connectivity index (χ3v) is 4.33. The molecule has 0 atom stereocenters. The number of hydrogen-bond acceptors (Lipinski definition) is 6. The number of nitrogens with one attached hydrogen (secondary N) is 1. The van der Waals surface area contributed by atoms with E-state index in [9.17, 15) is 9.59 Å². The van der Waals surface area contributed by atoms with Crippen molar-refractivity contribution in [1.82, 2.24) is 5.43 Å². The summed E-state index contributed by atoms with van der Waals surface area (Å²) in [5, 5.41) is 4.40. The Kier molecular flexibility index (Phi) is 6.69. The van der Waals surface area contributed by atoms with Gasteiger partial charge in [0, 0.05) is 5.02 Å². The lowest BCUT2D eigenvalue weighted by Gasteiger charge is -2.10. The molecule has 0 saturated heterocycles. The maximum absolute atomic E-state index is 12.3. The average Bonchev–Trinajstić information content (AvgIpc) is 3.15. The van der Waals surface area contributed by atoms with E-state index in [0.29, 0.717) is 26.6 Å². The van der Waals surface area contributed by atoms with Gasteiger partial charge < -0.3 is 13.9 Å². The van der Waals surface area contributed by atoms with Crippen molar-refractivity contribution < 1.29 is 23.5 Å². The fourth-order valence-electron chi connectivity index (χ4n) is 2.25. The lowest BCUT2D eigenvalue weighted by atomic mass is 10.2. The van der Waals surface area contributed by atoms with Gasteiger partial charge in [0.1, 0.15) is 0 Å². The zero-order valence-electron chi connectivity index (χ0n) is 15.0. The molecule has 148 valence electrons. The van der Waals surface area contributed by atoms with Crippen LogP contribution in [0.25, 0.3) is 0 Å². The van der Waals surface area contributed by atoms with E-state index < -0.39 is 11.9 Å². The van der Waals surface area contributed by atoms with Crippen LogP contribution >= 0.6 is 27.5 Å². The number of methoxy groups -OCH3 is 1. The minimum atomic E-state index is -0.543. The third-order valence-electron chi connectivity index (χ3n) is 3.65. The Hall–Kier alpha value is -3.10. The van der Waals surface area contributed by atoms with E-state index in [2.05, 4.69) is 26.5 Å². The Morgan fingerprint density at radius 1 is 1.10 bits per heavy atom. The van der Waals surface area contributed by atoms with Crippen molar-refractivity contribution in [3.63, 3.8) is 0 Å². The minimum absolute atomic E-state index is 0.121. The van der Waals surface area contributed by atoms with Gasteiger partial charge in [-0.25, -0.2) is 10.2 Å². The van der Waals surface area contributed by atoms with Crippen LogP contribution in [0.4, 0.5) is 0 Å². The molecule has 0 saturated carbocycles. The first-order chi connectivity index (χ1) is 14.0. The van der Waals surface area contributed by atoms with Crippen LogP contribution in [-0.4, -0.2) is 25.2 Å². The Labute approximate surface area is 179 Å². The van der Waals surface area contributed by atoms with E-state index >= 15 is 0 Å². The van der Waals surface area contributed by atoms with Gasteiger partial charge in [-0.15, -0.1) is 0 Å². The van der Waals surface area contributed by atoms with Gasteiger partial charge in [0.2, 0.25) is 0 Å². The number of benzene rings is 2. The van der Waals surface area contributed by atoms with Crippen LogP contribution in [0, 0.1) is 0 Å². The van der Waals surface area contributed by atoms with Gasteiger partial charge in [-0.2, -0.15) is 5.10 Å². The third kappa shape index (κ3) is 5.46. The standard InChI is InChI=1S/C20H14BrClN2O5/c1-27-17-10-12(11-23-24-19(25)16-8-9-18(21)28-16)2-7-15(17)29-20(26)13-3-5-14(22)6-4-13/h2-11H,1H3,(H,24,25)/b23-11+. The summed E-state index contributed by atoms with van der Waals surface area (Å²) in [5.74, 6) is -0.339. The lowest BCUT2D eigenvalue weighted by Crippen LogP contribution is -2.16. The van der Waals surface area contributed by atoms with Crippen molar-refractivity contribution >= 4 is 45.6 Å². The summed E-state index contributed by atoms with van der Waals surface area (Å²) >= 11 is 8.94. The predicted octanol–water partition coefficient (Wildman–Crippen LogP) is 4.69. The molecule has 1 aromatic heterocycles. The van der Waals surface area contributed by atoms with Crippen LogP contribution < -0.4 is 14.9 Å². The molecule has 2 aromatic carbocycles.